The van der Waals surface area contributed by atoms with Crippen LogP contribution in [0.15, 0.2) is 66.7 Å². The maximum absolute atomic E-state index is 13.9. The monoisotopic (exact) mass is 582 g/mol. The van der Waals surface area contributed by atoms with E-state index < -0.39 is 6.04 Å². The quantitative estimate of drug-likeness (QED) is 0.254. The highest BCUT2D eigenvalue weighted by atomic mass is 35.5. The SMILES string of the molecule is Cc1cc(C)cc(CSCC(=O)N(Cc2ccc(Cl)cc2Cl)[C@H](Cc2ccccc2)C(=O)NC2CCCC2)c1. The van der Waals surface area contributed by atoms with Gasteiger partial charge in [-0.05, 0) is 55.5 Å². The van der Waals surface area contributed by atoms with Crippen molar-refractivity contribution < 1.29 is 9.59 Å². The molecular weight excluding hydrogens is 547 g/mol. The minimum absolute atomic E-state index is 0.0853. The van der Waals surface area contributed by atoms with Crippen molar-refractivity contribution in [2.24, 2.45) is 0 Å². The van der Waals surface area contributed by atoms with E-state index in [-0.39, 0.29) is 30.2 Å². The second kappa shape index (κ2) is 14.2. The van der Waals surface area contributed by atoms with Crippen LogP contribution in [0.1, 0.15) is 53.5 Å². The first-order chi connectivity index (χ1) is 18.8. The van der Waals surface area contributed by atoms with Crippen molar-refractivity contribution in [1.82, 2.24) is 10.2 Å². The average molecular weight is 584 g/mol. The van der Waals surface area contributed by atoms with Gasteiger partial charge in [0.2, 0.25) is 11.8 Å². The molecule has 0 saturated heterocycles. The van der Waals surface area contributed by atoms with E-state index in [9.17, 15) is 9.59 Å². The summed E-state index contributed by atoms with van der Waals surface area (Å²) in [5.41, 5.74) is 5.38. The highest BCUT2D eigenvalue weighted by molar-refractivity contribution is 7.99. The van der Waals surface area contributed by atoms with E-state index >= 15 is 0 Å². The summed E-state index contributed by atoms with van der Waals surface area (Å²) < 4.78 is 0. The van der Waals surface area contributed by atoms with Gasteiger partial charge in [0, 0.05) is 34.8 Å². The van der Waals surface area contributed by atoms with E-state index in [1.54, 1.807) is 28.8 Å². The Morgan fingerprint density at radius 2 is 1.64 bits per heavy atom. The molecule has 39 heavy (non-hydrogen) atoms. The predicted octanol–water partition coefficient (Wildman–Crippen LogP) is 7.54. The number of nitrogens with one attached hydrogen (secondary N) is 1. The second-order valence-corrected chi connectivity index (χ2v) is 12.3. The molecule has 206 valence electrons. The molecule has 0 radical (unpaired) electrons. The average Bonchev–Trinajstić information content (AvgIpc) is 3.40. The number of carbonyl (C=O) groups excluding carboxylic acids is 2. The van der Waals surface area contributed by atoms with Crippen molar-refractivity contribution >= 4 is 46.8 Å². The zero-order valence-electron chi connectivity index (χ0n) is 22.6. The van der Waals surface area contributed by atoms with Crippen LogP contribution in [-0.4, -0.2) is 34.6 Å². The fraction of sp³-hybridized carbons (Fsp3) is 0.375. The van der Waals surface area contributed by atoms with Crippen LogP contribution in [-0.2, 0) is 28.3 Å². The molecule has 0 unspecified atom stereocenters. The van der Waals surface area contributed by atoms with E-state index in [1.807, 2.05) is 36.4 Å². The van der Waals surface area contributed by atoms with Crippen LogP contribution < -0.4 is 5.32 Å². The summed E-state index contributed by atoms with van der Waals surface area (Å²) in [7, 11) is 0. The van der Waals surface area contributed by atoms with Gasteiger partial charge in [-0.2, -0.15) is 0 Å². The number of nitrogens with zero attached hydrogens (tertiary/aromatic N) is 1. The minimum atomic E-state index is -0.658. The summed E-state index contributed by atoms with van der Waals surface area (Å²) in [6, 6.07) is 21.1. The topological polar surface area (TPSA) is 49.4 Å². The van der Waals surface area contributed by atoms with Gasteiger partial charge in [-0.15, -0.1) is 11.8 Å². The first-order valence-electron chi connectivity index (χ1n) is 13.5. The van der Waals surface area contributed by atoms with Crippen LogP contribution in [0, 0.1) is 13.8 Å². The molecule has 0 aliphatic heterocycles. The molecule has 1 atom stereocenters. The van der Waals surface area contributed by atoms with Crippen LogP contribution in [0.5, 0.6) is 0 Å². The molecule has 1 aliphatic carbocycles. The van der Waals surface area contributed by atoms with Gasteiger partial charge in [0.05, 0.1) is 5.75 Å². The summed E-state index contributed by atoms with van der Waals surface area (Å²) >= 11 is 14.3. The normalized spacial score (nSPS) is 14.3. The molecule has 1 aliphatic rings. The van der Waals surface area contributed by atoms with Gasteiger partial charge in [-0.1, -0.05) is 102 Å². The summed E-state index contributed by atoms with van der Waals surface area (Å²) in [6.07, 6.45) is 4.62. The minimum Gasteiger partial charge on any atom is -0.352 e. The highest BCUT2D eigenvalue weighted by Gasteiger charge is 2.32. The zero-order chi connectivity index (χ0) is 27.8. The van der Waals surface area contributed by atoms with Crippen LogP contribution in [0.2, 0.25) is 10.0 Å². The van der Waals surface area contributed by atoms with Gasteiger partial charge < -0.3 is 10.2 Å². The van der Waals surface area contributed by atoms with E-state index in [0.717, 1.165) is 42.6 Å². The second-order valence-electron chi connectivity index (χ2n) is 10.4. The van der Waals surface area contributed by atoms with Crippen molar-refractivity contribution in [3.63, 3.8) is 0 Å². The first-order valence-corrected chi connectivity index (χ1v) is 15.4. The number of hydrogen-bond donors (Lipinski definition) is 1. The molecular formula is C32H36Cl2N2O2S. The van der Waals surface area contributed by atoms with Crippen molar-refractivity contribution in [3.05, 3.63) is 105 Å². The Balaban J connectivity index is 1.59. The van der Waals surface area contributed by atoms with Gasteiger partial charge >= 0.3 is 0 Å². The van der Waals surface area contributed by atoms with Crippen molar-refractivity contribution in [3.8, 4) is 0 Å². The Hall–Kier alpha value is -2.47. The lowest BCUT2D eigenvalue weighted by molar-refractivity contribution is -0.139. The van der Waals surface area contributed by atoms with Crippen LogP contribution >= 0.6 is 35.0 Å². The molecule has 0 bridgehead atoms. The lowest BCUT2D eigenvalue weighted by Gasteiger charge is -2.32. The van der Waals surface area contributed by atoms with Crippen LogP contribution in [0.4, 0.5) is 0 Å². The molecule has 0 spiro atoms. The third-order valence-electron chi connectivity index (χ3n) is 7.10. The fourth-order valence-corrected chi connectivity index (χ4v) is 6.56. The van der Waals surface area contributed by atoms with Gasteiger partial charge in [-0.3, -0.25) is 9.59 Å². The molecule has 3 aromatic rings. The van der Waals surface area contributed by atoms with E-state index in [2.05, 4.69) is 37.4 Å². The first kappa shape index (κ1) is 29.5. The molecule has 0 aromatic heterocycles. The largest absolute Gasteiger partial charge is 0.352 e. The van der Waals surface area contributed by atoms with E-state index in [0.29, 0.717) is 16.5 Å². The number of thioether (sulfide) groups is 1. The zero-order valence-corrected chi connectivity index (χ0v) is 24.9. The van der Waals surface area contributed by atoms with Crippen molar-refractivity contribution in [1.29, 1.82) is 0 Å². The summed E-state index contributed by atoms with van der Waals surface area (Å²) in [6.45, 7) is 4.40. The lowest BCUT2D eigenvalue weighted by Crippen LogP contribution is -2.52. The van der Waals surface area contributed by atoms with Crippen molar-refractivity contribution in [2.45, 2.75) is 70.3 Å². The molecule has 0 heterocycles. The number of hydrogen-bond acceptors (Lipinski definition) is 3. The third kappa shape index (κ3) is 8.76. The van der Waals surface area contributed by atoms with Gasteiger partial charge in [0.15, 0.2) is 0 Å². The number of halogens is 2. The molecule has 4 rings (SSSR count). The summed E-state index contributed by atoms with van der Waals surface area (Å²) in [5.74, 6) is 0.795. The highest BCUT2D eigenvalue weighted by Crippen LogP contribution is 2.26. The number of amides is 2. The number of carbonyl (C=O) groups is 2. The number of rotatable bonds is 11. The third-order valence-corrected chi connectivity index (χ3v) is 8.68. The molecule has 1 N–H and O–H groups in total. The van der Waals surface area contributed by atoms with Crippen LogP contribution in [0.25, 0.3) is 0 Å². The van der Waals surface area contributed by atoms with Crippen molar-refractivity contribution in [2.75, 3.05) is 5.75 Å². The molecule has 1 fully saturated rings. The fourth-order valence-electron chi connectivity index (χ4n) is 5.25. The number of aryl methyl sites for hydroxylation is 2. The molecule has 7 heteroatoms. The standard InChI is InChI=1S/C32H36Cl2N2O2S/c1-22-14-23(2)16-25(15-22)20-39-21-31(37)36(19-26-12-13-27(33)18-29(26)34)30(17-24-8-4-3-5-9-24)32(38)35-28-10-6-7-11-28/h3-5,8-9,12-16,18,28,30H,6-7,10-11,17,19-21H2,1-2H3,(H,35,38)/t30-/m1/s1. The van der Waals surface area contributed by atoms with E-state index in [1.165, 1.54) is 16.7 Å². The Bertz CT molecular complexity index is 1260. The predicted molar refractivity (Wildman–Crippen MR) is 163 cm³/mol. The summed E-state index contributed by atoms with van der Waals surface area (Å²) in [5, 5.41) is 4.26. The maximum Gasteiger partial charge on any atom is 0.243 e. The Morgan fingerprint density at radius 1 is 0.949 bits per heavy atom. The smallest absolute Gasteiger partial charge is 0.243 e. The molecule has 2 amide bonds. The van der Waals surface area contributed by atoms with Gasteiger partial charge in [0.25, 0.3) is 0 Å². The molecule has 3 aromatic carbocycles. The van der Waals surface area contributed by atoms with Gasteiger partial charge in [0.1, 0.15) is 6.04 Å². The Kier molecular flexibility index (Phi) is 10.8. The Morgan fingerprint density at radius 3 is 2.31 bits per heavy atom. The maximum atomic E-state index is 13.9. The molecule has 1 saturated carbocycles. The molecule has 4 nitrogen and oxygen atoms in total. The lowest BCUT2D eigenvalue weighted by atomic mass is 10.0. The van der Waals surface area contributed by atoms with Gasteiger partial charge in [-0.25, -0.2) is 0 Å². The van der Waals surface area contributed by atoms with Crippen LogP contribution in [0.3, 0.4) is 0 Å². The summed E-state index contributed by atoms with van der Waals surface area (Å²) in [4.78, 5) is 29.4. The van der Waals surface area contributed by atoms with E-state index in [4.69, 9.17) is 23.2 Å². The number of benzene rings is 3. The Labute approximate surface area is 246 Å².